The van der Waals surface area contributed by atoms with E-state index in [0.717, 1.165) is 10.8 Å². The van der Waals surface area contributed by atoms with E-state index in [9.17, 15) is 13.2 Å². The third-order valence-electron chi connectivity index (χ3n) is 2.90. The lowest BCUT2D eigenvalue weighted by Crippen LogP contribution is -2.47. The second kappa shape index (κ2) is 5.58. The van der Waals surface area contributed by atoms with Gasteiger partial charge in [-0.2, -0.15) is 4.72 Å². The summed E-state index contributed by atoms with van der Waals surface area (Å²) in [6.45, 7) is 1.42. The molecular weight excluding hydrogens is 278 g/mol. The Bertz CT molecular complexity index is 743. The molecule has 7 heteroatoms. The third kappa shape index (κ3) is 2.96. The molecule has 2 aromatic carbocycles. The predicted molar refractivity (Wildman–Crippen MR) is 76.1 cm³/mol. The maximum atomic E-state index is 12.2. The van der Waals surface area contributed by atoms with Crippen LogP contribution >= 0.6 is 0 Å². The number of hydrazine groups is 1. The van der Waals surface area contributed by atoms with Gasteiger partial charge in [-0.25, -0.2) is 14.3 Å². The van der Waals surface area contributed by atoms with Crippen molar-refractivity contribution in [1.82, 2.24) is 10.1 Å². The van der Waals surface area contributed by atoms with Crippen LogP contribution in [0.15, 0.2) is 47.4 Å². The molecule has 0 radical (unpaired) electrons. The number of amides is 1. The minimum Gasteiger partial charge on any atom is -0.293 e. The predicted octanol–water partition coefficient (Wildman–Crippen LogP) is 0.497. The zero-order chi connectivity index (χ0) is 14.8. The molecule has 2 aromatic rings. The summed E-state index contributed by atoms with van der Waals surface area (Å²) in [6, 6.07) is 11.3. The van der Waals surface area contributed by atoms with E-state index in [-0.39, 0.29) is 4.90 Å². The third-order valence-corrected chi connectivity index (χ3v) is 4.44. The van der Waals surface area contributed by atoms with Gasteiger partial charge in [0.15, 0.2) is 0 Å². The van der Waals surface area contributed by atoms with Gasteiger partial charge in [0.1, 0.15) is 0 Å². The number of nitrogens with two attached hydrogens (primary N) is 1. The maximum Gasteiger partial charge on any atom is 0.251 e. The molecule has 0 unspecified atom stereocenters. The Balaban J connectivity index is 2.34. The van der Waals surface area contributed by atoms with Gasteiger partial charge in [-0.1, -0.05) is 30.3 Å². The maximum absolute atomic E-state index is 12.2. The number of sulfonamides is 1. The summed E-state index contributed by atoms with van der Waals surface area (Å²) in [5, 5.41) is 1.76. The zero-order valence-corrected chi connectivity index (χ0v) is 11.6. The Kier molecular flexibility index (Phi) is 4.03. The highest BCUT2D eigenvalue weighted by molar-refractivity contribution is 7.89. The van der Waals surface area contributed by atoms with E-state index >= 15 is 0 Å². The first-order valence-corrected chi connectivity index (χ1v) is 7.44. The van der Waals surface area contributed by atoms with Crippen molar-refractivity contribution in [2.75, 3.05) is 0 Å². The van der Waals surface area contributed by atoms with Gasteiger partial charge >= 0.3 is 0 Å². The number of carbonyl (C=O) groups is 1. The summed E-state index contributed by atoms with van der Waals surface area (Å²) >= 11 is 0. The van der Waals surface area contributed by atoms with Crippen molar-refractivity contribution in [3.8, 4) is 0 Å². The molecule has 0 bridgehead atoms. The lowest BCUT2D eigenvalue weighted by molar-refractivity contribution is -0.122. The molecular formula is C13H15N3O3S. The molecule has 0 aromatic heterocycles. The Morgan fingerprint density at radius 3 is 2.45 bits per heavy atom. The molecule has 0 heterocycles. The lowest BCUT2D eigenvalue weighted by atomic mass is 10.1. The molecule has 6 nitrogen and oxygen atoms in total. The zero-order valence-electron chi connectivity index (χ0n) is 10.8. The van der Waals surface area contributed by atoms with Gasteiger partial charge in [0.2, 0.25) is 10.0 Å². The highest BCUT2D eigenvalue weighted by Crippen LogP contribution is 2.18. The molecule has 0 aliphatic heterocycles. The average molecular weight is 293 g/mol. The Hall–Kier alpha value is -1.96. The summed E-state index contributed by atoms with van der Waals surface area (Å²) in [5.74, 6) is 4.37. The van der Waals surface area contributed by atoms with Crippen LogP contribution in [0.1, 0.15) is 6.92 Å². The number of hydrogen-bond acceptors (Lipinski definition) is 4. The molecule has 106 valence electrons. The molecule has 0 saturated heterocycles. The summed E-state index contributed by atoms with van der Waals surface area (Å²) in [4.78, 5) is 11.4. The summed E-state index contributed by atoms with van der Waals surface area (Å²) in [5.41, 5.74) is 1.90. The fraction of sp³-hybridized carbons (Fsp3) is 0.154. The number of carbonyl (C=O) groups excluding carboxylic acids is 1. The van der Waals surface area contributed by atoms with Crippen LogP contribution in [0.5, 0.6) is 0 Å². The molecule has 0 saturated carbocycles. The molecule has 4 N–H and O–H groups in total. The van der Waals surface area contributed by atoms with Gasteiger partial charge < -0.3 is 0 Å². The second-order valence-corrected chi connectivity index (χ2v) is 6.07. The smallest absolute Gasteiger partial charge is 0.251 e. The highest BCUT2D eigenvalue weighted by Gasteiger charge is 2.21. The van der Waals surface area contributed by atoms with Crippen molar-refractivity contribution in [2.24, 2.45) is 5.84 Å². The van der Waals surface area contributed by atoms with Crippen LogP contribution in [-0.2, 0) is 14.8 Å². The number of benzene rings is 2. The highest BCUT2D eigenvalue weighted by atomic mass is 32.2. The topological polar surface area (TPSA) is 101 Å². The van der Waals surface area contributed by atoms with Gasteiger partial charge in [-0.3, -0.25) is 10.2 Å². The molecule has 2 rings (SSSR count). The SMILES string of the molecule is C[C@@H](NS(=O)(=O)c1ccc2ccccc2c1)C(=O)NN. The van der Waals surface area contributed by atoms with E-state index in [4.69, 9.17) is 5.84 Å². The number of hydrogen-bond donors (Lipinski definition) is 3. The van der Waals surface area contributed by atoms with Gasteiger partial charge in [-0.05, 0) is 29.8 Å². The van der Waals surface area contributed by atoms with E-state index in [2.05, 4.69) is 4.72 Å². The minimum absolute atomic E-state index is 0.105. The van der Waals surface area contributed by atoms with Crippen LogP contribution in [0.4, 0.5) is 0 Å². The number of fused-ring (bicyclic) bond motifs is 1. The second-order valence-electron chi connectivity index (χ2n) is 4.36. The molecule has 1 amide bonds. The quantitative estimate of drug-likeness (QED) is 0.434. The molecule has 0 fully saturated rings. The number of nitrogens with one attached hydrogen (secondary N) is 2. The molecule has 1 atom stereocenters. The van der Waals surface area contributed by atoms with Crippen LogP contribution < -0.4 is 16.0 Å². The Morgan fingerprint density at radius 1 is 1.15 bits per heavy atom. The van der Waals surface area contributed by atoms with E-state index in [1.54, 1.807) is 12.1 Å². The molecule has 0 spiro atoms. The Labute approximate surface area is 117 Å². The van der Waals surface area contributed by atoms with E-state index in [1.165, 1.54) is 13.0 Å². The van der Waals surface area contributed by atoms with Gasteiger partial charge in [0.25, 0.3) is 5.91 Å². The largest absolute Gasteiger partial charge is 0.293 e. The van der Waals surface area contributed by atoms with Crippen LogP contribution in [0, 0.1) is 0 Å². The number of rotatable bonds is 4. The summed E-state index contributed by atoms with van der Waals surface area (Å²) in [6.07, 6.45) is 0. The first kappa shape index (κ1) is 14.4. The molecule has 0 aliphatic rings. The summed E-state index contributed by atoms with van der Waals surface area (Å²) < 4.78 is 26.6. The van der Waals surface area contributed by atoms with E-state index in [0.29, 0.717) is 0 Å². The van der Waals surface area contributed by atoms with Crippen molar-refractivity contribution < 1.29 is 13.2 Å². The molecule has 20 heavy (non-hydrogen) atoms. The first-order valence-electron chi connectivity index (χ1n) is 5.95. The van der Waals surface area contributed by atoms with Crippen LogP contribution in [0.2, 0.25) is 0 Å². The summed E-state index contributed by atoms with van der Waals surface area (Å²) in [7, 11) is -3.77. The average Bonchev–Trinajstić information content (AvgIpc) is 2.45. The molecule has 0 aliphatic carbocycles. The van der Waals surface area contributed by atoms with Gasteiger partial charge in [-0.15, -0.1) is 0 Å². The fourth-order valence-corrected chi connectivity index (χ4v) is 3.05. The van der Waals surface area contributed by atoms with Crippen molar-refractivity contribution in [1.29, 1.82) is 0 Å². The van der Waals surface area contributed by atoms with Crippen LogP contribution in [0.3, 0.4) is 0 Å². The van der Waals surface area contributed by atoms with E-state index < -0.39 is 22.0 Å². The van der Waals surface area contributed by atoms with Crippen LogP contribution in [-0.4, -0.2) is 20.4 Å². The fourth-order valence-electron chi connectivity index (χ4n) is 1.81. The van der Waals surface area contributed by atoms with Crippen molar-refractivity contribution in [2.45, 2.75) is 17.9 Å². The van der Waals surface area contributed by atoms with Crippen molar-refractivity contribution in [3.63, 3.8) is 0 Å². The standard InChI is InChI=1S/C13H15N3O3S/c1-9(13(17)15-14)16-20(18,19)12-7-6-10-4-2-3-5-11(10)8-12/h2-9,16H,14H2,1H3,(H,15,17)/t9-/m1/s1. The van der Waals surface area contributed by atoms with Crippen molar-refractivity contribution >= 4 is 26.7 Å². The lowest BCUT2D eigenvalue weighted by Gasteiger charge is -2.13. The van der Waals surface area contributed by atoms with Gasteiger partial charge in [0, 0.05) is 0 Å². The van der Waals surface area contributed by atoms with E-state index in [1.807, 2.05) is 29.7 Å². The van der Waals surface area contributed by atoms with Gasteiger partial charge in [0.05, 0.1) is 10.9 Å². The van der Waals surface area contributed by atoms with Crippen molar-refractivity contribution in [3.05, 3.63) is 42.5 Å². The van der Waals surface area contributed by atoms with Crippen LogP contribution in [0.25, 0.3) is 10.8 Å². The first-order chi connectivity index (χ1) is 9.44. The monoisotopic (exact) mass is 293 g/mol. The Morgan fingerprint density at radius 2 is 1.80 bits per heavy atom. The normalized spacial score (nSPS) is 13.1. The minimum atomic E-state index is -3.77.